The highest BCUT2D eigenvalue weighted by atomic mass is 35.7. The quantitative estimate of drug-likeness (QED) is 0.501. The fourth-order valence-electron chi connectivity index (χ4n) is 0.303. The highest BCUT2D eigenvalue weighted by Gasteiger charge is 2.06. The molecule has 0 rings (SSSR count). The zero-order valence-electron chi connectivity index (χ0n) is 4.97. The molecule has 5 heteroatoms. The first-order valence-corrected chi connectivity index (χ1v) is 5.40. The van der Waals surface area contributed by atoms with Crippen LogP contribution in [0.1, 0.15) is 13.3 Å². The number of hydrogen-bond acceptors (Lipinski definition) is 2. The first-order chi connectivity index (χ1) is 3.92. The molecule has 0 spiro atoms. The molecule has 0 fully saturated rings. The summed E-state index contributed by atoms with van der Waals surface area (Å²) in [6.07, 6.45) is 0.410. The number of rotatable bonds is 3. The lowest BCUT2D eigenvalue weighted by atomic mass is 10.4. The van der Waals surface area contributed by atoms with Gasteiger partial charge in [0, 0.05) is 16.1 Å². The van der Waals surface area contributed by atoms with Gasteiger partial charge in [-0.1, -0.05) is 0 Å². The van der Waals surface area contributed by atoms with Crippen LogP contribution in [0.25, 0.3) is 0 Å². The zero-order chi connectivity index (χ0) is 7.49. The standard InChI is InChI=1S/C4H8Cl2O2S/c1-4(5)2-3-9(6,7)8/h4H,2-3H2,1H3/t4-/m0/s1. The molecular formula is C4H8Cl2O2S. The largest absolute Gasteiger partial charge is 0.232 e. The minimum Gasteiger partial charge on any atom is -0.212 e. The minimum absolute atomic E-state index is 0.0424. The van der Waals surface area contributed by atoms with Gasteiger partial charge in [0.05, 0.1) is 5.75 Å². The summed E-state index contributed by atoms with van der Waals surface area (Å²) >= 11 is 5.46. The van der Waals surface area contributed by atoms with Crippen LogP contribution in [-0.2, 0) is 9.05 Å². The predicted molar refractivity (Wildman–Crippen MR) is 39.6 cm³/mol. The van der Waals surface area contributed by atoms with E-state index in [0.29, 0.717) is 6.42 Å². The monoisotopic (exact) mass is 190 g/mol. The van der Waals surface area contributed by atoms with E-state index in [1.54, 1.807) is 6.92 Å². The Hall–Kier alpha value is 0.530. The van der Waals surface area contributed by atoms with Crippen LogP contribution in [0.15, 0.2) is 0 Å². The molecule has 2 nitrogen and oxygen atoms in total. The topological polar surface area (TPSA) is 34.1 Å². The summed E-state index contributed by atoms with van der Waals surface area (Å²) < 4.78 is 20.5. The molecule has 0 aromatic rings. The second-order valence-electron chi connectivity index (χ2n) is 1.81. The maximum atomic E-state index is 10.2. The van der Waals surface area contributed by atoms with E-state index in [9.17, 15) is 8.42 Å². The molecule has 0 radical (unpaired) electrons. The average molecular weight is 191 g/mol. The van der Waals surface area contributed by atoms with Crippen LogP contribution in [0.4, 0.5) is 0 Å². The van der Waals surface area contributed by atoms with E-state index >= 15 is 0 Å². The van der Waals surface area contributed by atoms with Gasteiger partial charge in [-0.05, 0) is 13.3 Å². The van der Waals surface area contributed by atoms with Gasteiger partial charge in [0.25, 0.3) is 0 Å². The molecule has 0 aliphatic heterocycles. The minimum atomic E-state index is -3.33. The van der Waals surface area contributed by atoms with Crippen molar-refractivity contribution in [1.82, 2.24) is 0 Å². The molecule has 56 valence electrons. The molecule has 0 aliphatic rings. The summed E-state index contributed by atoms with van der Waals surface area (Å²) in [4.78, 5) is 0. The van der Waals surface area contributed by atoms with Gasteiger partial charge in [0.2, 0.25) is 9.05 Å². The van der Waals surface area contributed by atoms with Gasteiger partial charge >= 0.3 is 0 Å². The summed E-state index contributed by atoms with van der Waals surface area (Å²) in [5.41, 5.74) is 0. The molecule has 0 unspecified atom stereocenters. The Labute approximate surface area is 64.6 Å². The third-order valence-corrected chi connectivity index (χ3v) is 2.16. The van der Waals surface area contributed by atoms with Gasteiger partial charge in [-0.2, -0.15) is 0 Å². The van der Waals surface area contributed by atoms with Crippen LogP contribution < -0.4 is 0 Å². The van der Waals surface area contributed by atoms with Crippen LogP contribution in [0, 0.1) is 0 Å². The molecule has 0 aromatic carbocycles. The SMILES string of the molecule is C[C@H](Cl)CCS(=O)(=O)Cl. The molecule has 0 saturated carbocycles. The summed E-state index contributed by atoms with van der Waals surface area (Å²) in [6.45, 7) is 1.73. The van der Waals surface area contributed by atoms with E-state index < -0.39 is 9.05 Å². The van der Waals surface area contributed by atoms with E-state index in [1.807, 2.05) is 0 Å². The van der Waals surface area contributed by atoms with E-state index in [1.165, 1.54) is 0 Å². The lowest BCUT2D eigenvalue weighted by molar-refractivity contribution is 0.606. The number of halogens is 2. The van der Waals surface area contributed by atoms with Crippen molar-refractivity contribution in [1.29, 1.82) is 0 Å². The summed E-state index contributed by atoms with van der Waals surface area (Å²) in [7, 11) is 1.56. The second-order valence-corrected chi connectivity index (χ2v) is 5.45. The molecule has 0 N–H and O–H groups in total. The van der Waals surface area contributed by atoms with Gasteiger partial charge < -0.3 is 0 Å². The van der Waals surface area contributed by atoms with Gasteiger partial charge in [-0.3, -0.25) is 0 Å². The van der Waals surface area contributed by atoms with Crippen molar-refractivity contribution < 1.29 is 8.42 Å². The predicted octanol–water partition coefficient (Wildman–Crippen LogP) is 1.57. The highest BCUT2D eigenvalue weighted by molar-refractivity contribution is 8.13. The smallest absolute Gasteiger partial charge is 0.212 e. The Balaban J connectivity index is 3.53. The fourth-order valence-corrected chi connectivity index (χ4v) is 1.44. The second kappa shape index (κ2) is 3.64. The van der Waals surface area contributed by atoms with E-state index in [4.69, 9.17) is 22.3 Å². The first kappa shape index (κ1) is 9.53. The Kier molecular flexibility index (Phi) is 3.85. The Bertz CT molecular complexity index is 161. The third kappa shape index (κ3) is 8.53. The molecule has 0 aromatic heterocycles. The molecule has 0 bridgehead atoms. The van der Waals surface area contributed by atoms with Crippen molar-refractivity contribution in [2.45, 2.75) is 18.7 Å². The van der Waals surface area contributed by atoms with Crippen LogP contribution in [0.3, 0.4) is 0 Å². The highest BCUT2D eigenvalue weighted by Crippen LogP contribution is 2.05. The lowest BCUT2D eigenvalue weighted by Crippen LogP contribution is -2.02. The Morgan fingerprint density at radius 3 is 2.11 bits per heavy atom. The van der Waals surface area contributed by atoms with Crippen molar-refractivity contribution in [2.24, 2.45) is 0 Å². The average Bonchev–Trinajstić information content (AvgIpc) is 1.59. The number of hydrogen-bond donors (Lipinski definition) is 0. The molecule has 1 atom stereocenters. The van der Waals surface area contributed by atoms with Crippen LogP contribution in [0.2, 0.25) is 0 Å². The number of alkyl halides is 1. The molecular weight excluding hydrogens is 183 g/mol. The molecule has 0 amide bonds. The molecule has 0 heterocycles. The summed E-state index contributed by atoms with van der Waals surface area (Å²) in [5.74, 6) is -0.0424. The van der Waals surface area contributed by atoms with Gasteiger partial charge in [-0.15, -0.1) is 11.6 Å². The zero-order valence-corrected chi connectivity index (χ0v) is 7.30. The van der Waals surface area contributed by atoms with Crippen molar-refractivity contribution >= 4 is 31.3 Å². The fraction of sp³-hybridized carbons (Fsp3) is 1.00. The molecule has 0 saturated heterocycles. The maximum absolute atomic E-state index is 10.2. The van der Waals surface area contributed by atoms with E-state index in [0.717, 1.165) is 0 Å². The van der Waals surface area contributed by atoms with Crippen LogP contribution in [-0.4, -0.2) is 19.5 Å². The van der Waals surface area contributed by atoms with Crippen molar-refractivity contribution in [3.05, 3.63) is 0 Å². The van der Waals surface area contributed by atoms with Crippen molar-refractivity contribution in [3.63, 3.8) is 0 Å². The normalized spacial score (nSPS) is 15.4. The Morgan fingerprint density at radius 1 is 1.56 bits per heavy atom. The molecule has 0 aliphatic carbocycles. The van der Waals surface area contributed by atoms with Gasteiger partial charge in [0.1, 0.15) is 0 Å². The van der Waals surface area contributed by atoms with Gasteiger partial charge in [0.15, 0.2) is 0 Å². The van der Waals surface area contributed by atoms with Gasteiger partial charge in [-0.25, -0.2) is 8.42 Å². The summed E-state index contributed by atoms with van der Waals surface area (Å²) in [6, 6.07) is 0. The third-order valence-electron chi connectivity index (χ3n) is 0.759. The van der Waals surface area contributed by atoms with Crippen molar-refractivity contribution in [2.75, 3.05) is 5.75 Å². The van der Waals surface area contributed by atoms with E-state index in [-0.39, 0.29) is 11.1 Å². The molecule has 9 heavy (non-hydrogen) atoms. The Morgan fingerprint density at radius 2 is 2.00 bits per heavy atom. The lowest BCUT2D eigenvalue weighted by Gasteiger charge is -1.97. The van der Waals surface area contributed by atoms with Crippen LogP contribution in [0.5, 0.6) is 0 Å². The van der Waals surface area contributed by atoms with Crippen molar-refractivity contribution in [3.8, 4) is 0 Å². The summed E-state index contributed by atoms with van der Waals surface area (Å²) in [5, 5.41) is -0.126. The first-order valence-electron chi connectivity index (χ1n) is 2.48. The maximum Gasteiger partial charge on any atom is 0.232 e. The van der Waals surface area contributed by atoms with Crippen LogP contribution >= 0.6 is 22.3 Å². The van der Waals surface area contributed by atoms with E-state index in [2.05, 4.69) is 0 Å².